The summed E-state index contributed by atoms with van der Waals surface area (Å²) < 4.78 is 0.794. The Morgan fingerprint density at radius 3 is 2.63 bits per heavy atom. The molecular weight excluding hydrogens is 308 g/mol. The van der Waals surface area contributed by atoms with Crippen LogP contribution in [0.15, 0.2) is 22.7 Å². The standard InChI is InChI=1S/C14H19BrN2O2/c1-14(2)9-17(7-6-16(14)3)12-5-4-10(15)8-11(12)13(18)19/h4-5,8H,6-7,9H2,1-3H3,(H,18,19). The van der Waals surface area contributed by atoms with Crippen LogP contribution in [-0.4, -0.2) is 48.2 Å². The fourth-order valence-electron chi connectivity index (χ4n) is 2.40. The number of carbonyl (C=O) groups is 1. The zero-order chi connectivity index (χ0) is 14.2. The number of nitrogens with zero attached hydrogens (tertiary/aromatic N) is 2. The number of carboxylic acids is 1. The molecule has 0 bridgehead atoms. The van der Waals surface area contributed by atoms with E-state index in [4.69, 9.17) is 0 Å². The van der Waals surface area contributed by atoms with Crippen molar-refractivity contribution in [3.8, 4) is 0 Å². The molecule has 1 aliphatic heterocycles. The van der Waals surface area contributed by atoms with Crippen molar-refractivity contribution in [2.45, 2.75) is 19.4 Å². The van der Waals surface area contributed by atoms with E-state index in [2.05, 4.69) is 46.6 Å². The molecule has 0 spiro atoms. The lowest BCUT2D eigenvalue weighted by Gasteiger charge is -2.46. The van der Waals surface area contributed by atoms with Gasteiger partial charge < -0.3 is 10.0 Å². The van der Waals surface area contributed by atoms with Crippen LogP contribution in [0.25, 0.3) is 0 Å². The molecule has 0 aliphatic carbocycles. The molecule has 1 aromatic carbocycles. The molecule has 1 N–H and O–H groups in total. The average Bonchev–Trinajstić information content (AvgIpc) is 2.32. The molecule has 0 unspecified atom stereocenters. The van der Waals surface area contributed by atoms with Crippen molar-refractivity contribution < 1.29 is 9.90 Å². The van der Waals surface area contributed by atoms with Gasteiger partial charge in [-0.25, -0.2) is 4.79 Å². The van der Waals surface area contributed by atoms with Crippen molar-refractivity contribution in [1.29, 1.82) is 0 Å². The van der Waals surface area contributed by atoms with E-state index in [1.807, 2.05) is 12.1 Å². The predicted molar refractivity (Wildman–Crippen MR) is 80.0 cm³/mol. The molecule has 0 amide bonds. The van der Waals surface area contributed by atoms with Crippen LogP contribution in [0.2, 0.25) is 0 Å². The number of aromatic carboxylic acids is 1. The van der Waals surface area contributed by atoms with Crippen LogP contribution < -0.4 is 4.90 Å². The molecule has 0 aromatic heterocycles. The topological polar surface area (TPSA) is 43.8 Å². The molecule has 1 heterocycles. The minimum Gasteiger partial charge on any atom is -0.478 e. The van der Waals surface area contributed by atoms with Gasteiger partial charge in [-0.2, -0.15) is 0 Å². The number of hydrogen-bond donors (Lipinski definition) is 1. The van der Waals surface area contributed by atoms with Gasteiger partial charge in [0.2, 0.25) is 0 Å². The van der Waals surface area contributed by atoms with Crippen LogP contribution in [0.4, 0.5) is 5.69 Å². The zero-order valence-electron chi connectivity index (χ0n) is 11.5. The summed E-state index contributed by atoms with van der Waals surface area (Å²) in [7, 11) is 2.11. The van der Waals surface area contributed by atoms with E-state index >= 15 is 0 Å². The van der Waals surface area contributed by atoms with Crippen molar-refractivity contribution in [3.63, 3.8) is 0 Å². The summed E-state index contributed by atoms with van der Waals surface area (Å²) in [6, 6.07) is 5.45. The number of hydrogen-bond acceptors (Lipinski definition) is 3. The summed E-state index contributed by atoms with van der Waals surface area (Å²) in [6.07, 6.45) is 0. The van der Waals surface area contributed by atoms with E-state index in [0.717, 1.165) is 29.8 Å². The van der Waals surface area contributed by atoms with Crippen LogP contribution in [0.1, 0.15) is 24.2 Å². The number of likely N-dealkylation sites (N-methyl/N-ethyl adjacent to an activating group) is 1. The molecule has 0 atom stereocenters. The summed E-state index contributed by atoms with van der Waals surface area (Å²) in [5, 5.41) is 9.34. The van der Waals surface area contributed by atoms with Gasteiger partial charge in [-0.1, -0.05) is 15.9 Å². The zero-order valence-corrected chi connectivity index (χ0v) is 13.1. The highest BCUT2D eigenvalue weighted by molar-refractivity contribution is 9.10. The number of halogens is 1. The van der Waals surface area contributed by atoms with Crippen LogP contribution in [0.3, 0.4) is 0 Å². The first-order chi connectivity index (χ1) is 8.81. The average molecular weight is 327 g/mol. The summed E-state index contributed by atoms with van der Waals surface area (Å²) in [5.41, 5.74) is 1.20. The summed E-state index contributed by atoms with van der Waals surface area (Å²) >= 11 is 3.33. The summed E-state index contributed by atoms with van der Waals surface area (Å²) in [4.78, 5) is 15.9. The number of carboxylic acid groups (broad SMARTS) is 1. The van der Waals surface area contributed by atoms with Gasteiger partial charge in [0.25, 0.3) is 0 Å². The van der Waals surface area contributed by atoms with E-state index in [0.29, 0.717) is 5.56 Å². The Bertz CT molecular complexity index is 502. The van der Waals surface area contributed by atoms with E-state index in [-0.39, 0.29) is 5.54 Å². The Morgan fingerprint density at radius 1 is 1.37 bits per heavy atom. The van der Waals surface area contributed by atoms with Crippen LogP contribution >= 0.6 is 15.9 Å². The number of benzene rings is 1. The minimum atomic E-state index is -0.881. The second-order valence-corrected chi connectivity index (χ2v) is 6.54. The van der Waals surface area contributed by atoms with Gasteiger partial charge in [0, 0.05) is 29.6 Å². The molecular formula is C14H19BrN2O2. The number of piperazine rings is 1. The highest BCUT2D eigenvalue weighted by Gasteiger charge is 2.32. The molecule has 5 heteroatoms. The van der Waals surface area contributed by atoms with Gasteiger partial charge in [0.1, 0.15) is 0 Å². The van der Waals surface area contributed by atoms with Gasteiger partial charge >= 0.3 is 5.97 Å². The molecule has 1 aromatic rings. The Kier molecular flexibility index (Phi) is 3.87. The van der Waals surface area contributed by atoms with Crippen molar-refractivity contribution in [3.05, 3.63) is 28.2 Å². The molecule has 1 fully saturated rings. The monoisotopic (exact) mass is 326 g/mol. The van der Waals surface area contributed by atoms with E-state index < -0.39 is 5.97 Å². The maximum Gasteiger partial charge on any atom is 0.337 e. The Balaban J connectivity index is 2.35. The smallest absolute Gasteiger partial charge is 0.337 e. The van der Waals surface area contributed by atoms with Gasteiger partial charge in [-0.3, -0.25) is 4.90 Å². The van der Waals surface area contributed by atoms with Crippen LogP contribution in [0, 0.1) is 0 Å². The maximum absolute atomic E-state index is 11.4. The summed E-state index contributed by atoms with van der Waals surface area (Å²) in [6.45, 7) is 6.96. The van der Waals surface area contributed by atoms with Gasteiger partial charge in [-0.05, 0) is 39.1 Å². The van der Waals surface area contributed by atoms with Gasteiger partial charge in [-0.15, -0.1) is 0 Å². The largest absolute Gasteiger partial charge is 0.478 e. The lowest BCUT2D eigenvalue weighted by molar-refractivity contribution is 0.0696. The highest BCUT2D eigenvalue weighted by atomic mass is 79.9. The second-order valence-electron chi connectivity index (χ2n) is 5.62. The quantitative estimate of drug-likeness (QED) is 0.907. The number of anilines is 1. The van der Waals surface area contributed by atoms with Gasteiger partial charge in [0.05, 0.1) is 11.3 Å². The van der Waals surface area contributed by atoms with Crippen molar-refractivity contribution in [2.24, 2.45) is 0 Å². The molecule has 4 nitrogen and oxygen atoms in total. The van der Waals surface area contributed by atoms with Gasteiger partial charge in [0.15, 0.2) is 0 Å². The lowest BCUT2D eigenvalue weighted by atomic mass is 9.98. The normalized spacial score (nSPS) is 19.5. The van der Waals surface area contributed by atoms with Crippen molar-refractivity contribution in [1.82, 2.24) is 4.90 Å². The van der Waals surface area contributed by atoms with Crippen LogP contribution in [0.5, 0.6) is 0 Å². The third-order valence-corrected chi connectivity index (χ3v) is 4.34. The third kappa shape index (κ3) is 2.92. The molecule has 0 saturated carbocycles. The Hall–Kier alpha value is -1.07. The lowest BCUT2D eigenvalue weighted by Crippen LogP contribution is -2.57. The number of rotatable bonds is 2. The Labute approximate surface area is 122 Å². The molecule has 19 heavy (non-hydrogen) atoms. The minimum absolute atomic E-state index is 0.0428. The fraction of sp³-hybridized carbons (Fsp3) is 0.500. The van der Waals surface area contributed by atoms with Crippen LogP contribution in [-0.2, 0) is 0 Å². The fourth-order valence-corrected chi connectivity index (χ4v) is 2.76. The SMILES string of the molecule is CN1CCN(c2ccc(Br)cc2C(=O)O)CC1(C)C. The molecule has 2 rings (SSSR count). The van der Waals surface area contributed by atoms with E-state index in [1.54, 1.807) is 6.07 Å². The Morgan fingerprint density at radius 2 is 2.05 bits per heavy atom. The van der Waals surface area contributed by atoms with Crippen molar-refractivity contribution >= 4 is 27.6 Å². The van der Waals surface area contributed by atoms with E-state index in [1.165, 1.54) is 0 Å². The first-order valence-corrected chi connectivity index (χ1v) is 7.09. The van der Waals surface area contributed by atoms with E-state index in [9.17, 15) is 9.90 Å². The molecule has 104 valence electrons. The maximum atomic E-state index is 11.4. The van der Waals surface area contributed by atoms with Crippen molar-refractivity contribution in [2.75, 3.05) is 31.6 Å². The first-order valence-electron chi connectivity index (χ1n) is 6.30. The predicted octanol–water partition coefficient (Wildman–Crippen LogP) is 2.68. The summed E-state index contributed by atoms with van der Waals surface area (Å²) in [5.74, 6) is -0.881. The molecule has 1 saturated heterocycles. The molecule has 1 aliphatic rings. The first kappa shape index (κ1) is 14.3. The second kappa shape index (κ2) is 5.13. The highest BCUT2D eigenvalue weighted by Crippen LogP contribution is 2.29. The molecule has 0 radical (unpaired) electrons. The third-order valence-electron chi connectivity index (χ3n) is 3.85.